The van der Waals surface area contributed by atoms with Gasteiger partial charge in [0.05, 0.1) is 11.5 Å². The number of nitrogens with zero attached hydrogens (tertiary/aromatic N) is 2. The predicted octanol–water partition coefficient (Wildman–Crippen LogP) is 2.06. The summed E-state index contributed by atoms with van der Waals surface area (Å²) in [5.41, 5.74) is 0.628. The van der Waals surface area contributed by atoms with Crippen LogP contribution in [-0.4, -0.2) is 34.6 Å². The Labute approximate surface area is 105 Å². The SMILES string of the molecule is CCN(CCO)Cc1cc(Cl)ccc1[N+](=O)[O-]. The molecule has 0 saturated carbocycles. The molecule has 0 heterocycles. The minimum absolute atomic E-state index is 0.0300. The number of likely N-dealkylation sites (N-methyl/N-ethyl adjacent to an activating group) is 1. The molecule has 0 fully saturated rings. The quantitative estimate of drug-likeness (QED) is 0.627. The smallest absolute Gasteiger partial charge is 0.273 e. The molecule has 0 aliphatic heterocycles. The second-order valence-electron chi connectivity index (χ2n) is 3.62. The monoisotopic (exact) mass is 258 g/mol. The second-order valence-corrected chi connectivity index (χ2v) is 4.06. The zero-order valence-electron chi connectivity index (χ0n) is 9.60. The van der Waals surface area contributed by atoms with Gasteiger partial charge in [0.25, 0.3) is 5.69 Å². The van der Waals surface area contributed by atoms with Crippen LogP contribution in [0.2, 0.25) is 5.02 Å². The maximum atomic E-state index is 10.9. The first-order chi connectivity index (χ1) is 8.08. The molecule has 94 valence electrons. The maximum absolute atomic E-state index is 10.9. The van der Waals surface area contributed by atoms with E-state index in [0.29, 0.717) is 30.2 Å². The van der Waals surface area contributed by atoms with Crippen molar-refractivity contribution < 1.29 is 10.0 Å². The van der Waals surface area contributed by atoms with Crippen molar-refractivity contribution in [1.82, 2.24) is 4.90 Å². The van der Waals surface area contributed by atoms with Crippen molar-refractivity contribution in [3.8, 4) is 0 Å². The van der Waals surface area contributed by atoms with E-state index in [1.165, 1.54) is 12.1 Å². The van der Waals surface area contributed by atoms with Crippen molar-refractivity contribution in [2.45, 2.75) is 13.5 Å². The molecule has 1 rings (SSSR count). The number of hydrogen-bond donors (Lipinski definition) is 1. The summed E-state index contributed by atoms with van der Waals surface area (Å²) in [6, 6.07) is 4.51. The largest absolute Gasteiger partial charge is 0.395 e. The van der Waals surface area contributed by atoms with Crippen LogP contribution >= 0.6 is 11.6 Å². The van der Waals surface area contributed by atoms with Crippen molar-refractivity contribution in [1.29, 1.82) is 0 Å². The van der Waals surface area contributed by atoms with Crippen LogP contribution in [0.3, 0.4) is 0 Å². The second kappa shape index (κ2) is 6.54. The van der Waals surface area contributed by atoms with Crippen LogP contribution in [0.25, 0.3) is 0 Å². The minimum atomic E-state index is -0.418. The Morgan fingerprint density at radius 2 is 2.24 bits per heavy atom. The van der Waals surface area contributed by atoms with E-state index >= 15 is 0 Å². The number of benzene rings is 1. The van der Waals surface area contributed by atoms with Gasteiger partial charge in [0, 0.05) is 29.7 Å². The van der Waals surface area contributed by atoms with E-state index in [4.69, 9.17) is 16.7 Å². The van der Waals surface area contributed by atoms with Gasteiger partial charge in [0.15, 0.2) is 0 Å². The third kappa shape index (κ3) is 3.96. The maximum Gasteiger partial charge on any atom is 0.273 e. The fourth-order valence-corrected chi connectivity index (χ4v) is 1.78. The third-order valence-corrected chi connectivity index (χ3v) is 2.73. The molecule has 0 bridgehead atoms. The first kappa shape index (κ1) is 13.9. The molecular formula is C11H15ClN2O3. The lowest BCUT2D eigenvalue weighted by atomic mass is 10.1. The third-order valence-electron chi connectivity index (χ3n) is 2.50. The number of nitro groups is 1. The first-order valence-corrected chi connectivity index (χ1v) is 5.72. The van der Waals surface area contributed by atoms with Crippen LogP contribution in [0, 0.1) is 10.1 Å². The molecule has 17 heavy (non-hydrogen) atoms. The summed E-state index contributed by atoms with van der Waals surface area (Å²) >= 11 is 5.83. The molecule has 1 N–H and O–H groups in total. The van der Waals surface area contributed by atoms with Gasteiger partial charge in [0.2, 0.25) is 0 Å². The predicted molar refractivity (Wildman–Crippen MR) is 66.1 cm³/mol. The number of aliphatic hydroxyl groups excluding tert-OH is 1. The number of halogens is 1. The molecule has 0 aliphatic carbocycles. The zero-order valence-corrected chi connectivity index (χ0v) is 10.4. The fourth-order valence-electron chi connectivity index (χ4n) is 1.59. The summed E-state index contributed by atoms with van der Waals surface area (Å²) in [5, 5.41) is 20.2. The van der Waals surface area contributed by atoms with Gasteiger partial charge in [0.1, 0.15) is 0 Å². The van der Waals surface area contributed by atoms with E-state index in [-0.39, 0.29) is 12.3 Å². The number of hydrogen-bond acceptors (Lipinski definition) is 4. The minimum Gasteiger partial charge on any atom is -0.395 e. The van der Waals surface area contributed by atoms with Gasteiger partial charge in [-0.3, -0.25) is 15.0 Å². The van der Waals surface area contributed by atoms with E-state index in [1.54, 1.807) is 6.07 Å². The molecule has 1 aromatic carbocycles. The van der Waals surface area contributed by atoms with Gasteiger partial charge < -0.3 is 5.11 Å². The van der Waals surface area contributed by atoms with Crippen LogP contribution in [-0.2, 0) is 6.54 Å². The Balaban J connectivity index is 2.94. The molecule has 5 nitrogen and oxygen atoms in total. The van der Waals surface area contributed by atoms with Gasteiger partial charge in [-0.25, -0.2) is 0 Å². The molecule has 0 aromatic heterocycles. The van der Waals surface area contributed by atoms with E-state index < -0.39 is 4.92 Å². The number of rotatable bonds is 6. The highest BCUT2D eigenvalue weighted by Gasteiger charge is 2.16. The standard InChI is InChI=1S/C11H15ClN2O3/c1-2-13(5-6-15)8-9-7-10(12)3-4-11(9)14(16)17/h3-4,7,15H,2,5-6,8H2,1H3. The van der Waals surface area contributed by atoms with Crippen LogP contribution in [0.4, 0.5) is 5.69 Å². The lowest BCUT2D eigenvalue weighted by Crippen LogP contribution is -2.26. The topological polar surface area (TPSA) is 66.6 Å². The van der Waals surface area contributed by atoms with Crippen molar-refractivity contribution in [3.05, 3.63) is 38.9 Å². The highest BCUT2D eigenvalue weighted by molar-refractivity contribution is 6.30. The summed E-state index contributed by atoms with van der Waals surface area (Å²) in [7, 11) is 0. The van der Waals surface area contributed by atoms with Crippen molar-refractivity contribution in [2.75, 3.05) is 19.7 Å². The molecule has 0 radical (unpaired) electrons. The highest BCUT2D eigenvalue weighted by Crippen LogP contribution is 2.23. The van der Waals surface area contributed by atoms with E-state index in [1.807, 2.05) is 11.8 Å². The number of nitro benzene ring substituents is 1. The van der Waals surface area contributed by atoms with Gasteiger partial charge >= 0.3 is 0 Å². The lowest BCUT2D eigenvalue weighted by molar-refractivity contribution is -0.385. The Hall–Kier alpha value is -1.17. The molecule has 6 heteroatoms. The Kier molecular flexibility index (Phi) is 5.34. The van der Waals surface area contributed by atoms with E-state index in [2.05, 4.69) is 0 Å². The average molecular weight is 259 g/mol. The molecule has 0 atom stereocenters. The summed E-state index contributed by atoms with van der Waals surface area (Å²) in [6.07, 6.45) is 0. The molecule has 0 spiro atoms. The van der Waals surface area contributed by atoms with Crippen LogP contribution in [0.15, 0.2) is 18.2 Å². The lowest BCUT2D eigenvalue weighted by Gasteiger charge is -2.19. The first-order valence-electron chi connectivity index (χ1n) is 5.34. The molecular weight excluding hydrogens is 244 g/mol. The molecule has 1 aromatic rings. The van der Waals surface area contributed by atoms with Crippen molar-refractivity contribution in [3.63, 3.8) is 0 Å². The average Bonchev–Trinajstić information content (AvgIpc) is 2.28. The summed E-state index contributed by atoms with van der Waals surface area (Å²) in [6.45, 7) is 3.58. The Morgan fingerprint density at radius 1 is 1.53 bits per heavy atom. The molecule has 0 aliphatic rings. The van der Waals surface area contributed by atoms with Crippen molar-refractivity contribution in [2.24, 2.45) is 0 Å². The van der Waals surface area contributed by atoms with Gasteiger partial charge in [-0.05, 0) is 18.7 Å². The van der Waals surface area contributed by atoms with Gasteiger partial charge in [-0.1, -0.05) is 18.5 Å². The molecule has 0 amide bonds. The van der Waals surface area contributed by atoms with Gasteiger partial charge in [-0.2, -0.15) is 0 Å². The Morgan fingerprint density at radius 3 is 2.76 bits per heavy atom. The van der Waals surface area contributed by atoms with Crippen molar-refractivity contribution >= 4 is 17.3 Å². The van der Waals surface area contributed by atoms with E-state index in [0.717, 1.165) is 0 Å². The number of aliphatic hydroxyl groups is 1. The Bertz CT molecular complexity index is 398. The van der Waals surface area contributed by atoms with Gasteiger partial charge in [-0.15, -0.1) is 0 Å². The summed E-state index contributed by atoms with van der Waals surface area (Å²) < 4.78 is 0. The van der Waals surface area contributed by atoms with E-state index in [9.17, 15) is 10.1 Å². The summed E-state index contributed by atoms with van der Waals surface area (Å²) in [4.78, 5) is 12.4. The molecule has 0 unspecified atom stereocenters. The highest BCUT2D eigenvalue weighted by atomic mass is 35.5. The van der Waals surface area contributed by atoms with Crippen LogP contribution in [0.5, 0.6) is 0 Å². The zero-order chi connectivity index (χ0) is 12.8. The molecule has 0 saturated heterocycles. The summed E-state index contributed by atoms with van der Waals surface area (Å²) in [5.74, 6) is 0. The van der Waals surface area contributed by atoms with Crippen LogP contribution < -0.4 is 0 Å². The van der Waals surface area contributed by atoms with Crippen LogP contribution in [0.1, 0.15) is 12.5 Å². The fraction of sp³-hybridized carbons (Fsp3) is 0.455. The normalized spacial score (nSPS) is 10.8.